The Kier molecular flexibility index (Phi) is 7.00. The molecule has 0 aliphatic rings. The normalized spacial score (nSPS) is 10.6. The molecule has 1 heterocycles. The van der Waals surface area contributed by atoms with E-state index in [0.717, 1.165) is 11.4 Å². The van der Waals surface area contributed by atoms with Crippen molar-refractivity contribution in [2.45, 2.75) is 18.6 Å². The number of anilines is 1. The van der Waals surface area contributed by atoms with Gasteiger partial charge < -0.3 is 19.4 Å². The summed E-state index contributed by atoms with van der Waals surface area (Å²) in [7, 11) is 3.12. The summed E-state index contributed by atoms with van der Waals surface area (Å²) < 4.78 is 12.5. The van der Waals surface area contributed by atoms with Gasteiger partial charge in [-0.2, -0.15) is 0 Å². The first kappa shape index (κ1) is 21.0. The number of nitrogens with one attached hydrogen (secondary N) is 1. The molecule has 9 heteroatoms. The van der Waals surface area contributed by atoms with Crippen molar-refractivity contribution in [3.8, 4) is 22.9 Å². The molecule has 1 amide bonds. The van der Waals surface area contributed by atoms with Crippen LogP contribution in [0.2, 0.25) is 5.02 Å². The lowest BCUT2D eigenvalue weighted by molar-refractivity contribution is -0.113. The number of halogens is 1. The highest BCUT2D eigenvalue weighted by atomic mass is 35.5. The van der Waals surface area contributed by atoms with Crippen LogP contribution in [0.25, 0.3) is 11.4 Å². The van der Waals surface area contributed by atoms with Crippen LogP contribution in [0.5, 0.6) is 11.5 Å². The van der Waals surface area contributed by atoms with E-state index in [-0.39, 0.29) is 11.7 Å². The summed E-state index contributed by atoms with van der Waals surface area (Å²) in [6.45, 7) is 2.69. The fourth-order valence-electron chi connectivity index (χ4n) is 2.72. The lowest BCUT2D eigenvalue weighted by Gasteiger charge is -2.12. The first-order valence-electron chi connectivity index (χ1n) is 8.89. The largest absolute Gasteiger partial charge is 0.497 e. The van der Waals surface area contributed by atoms with Crippen LogP contribution in [-0.4, -0.2) is 40.6 Å². The van der Waals surface area contributed by atoms with E-state index in [2.05, 4.69) is 15.5 Å². The van der Waals surface area contributed by atoms with E-state index in [1.807, 2.05) is 35.8 Å². The summed E-state index contributed by atoms with van der Waals surface area (Å²) >= 11 is 7.28. The zero-order valence-corrected chi connectivity index (χ0v) is 17.9. The van der Waals surface area contributed by atoms with E-state index >= 15 is 0 Å². The number of carbonyl (C=O) groups is 1. The molecule has 1 N–H and O–H groups in total. The van der Waals surface area contributed by atoms with Crippen molar-refractivity contribution in [1.82, 2.24) is 14.8 Å². The molecular weight excluding hydrogens is 412 g/mol. The number of ether oxygens (including phenoxy) is 2. The van der Waals surface area contributed by atoms with Crippen molar-refractivity contribution in [3.05, 3.63) is 47.5 Å². The third kappa shape index (κ3) is 5.02. The number of rotatable bonds is 8. The van der Waals surface area contributed by atoms with Crippen molar-refractivity contribution in [2.75, 3.05) is 25.3 Å². The van der Waals surface area contributed by atoms with E-state index in [1.54, 1.807) is 32.4 Å². The average Bonchev–Trinajstić information content (AvgIpc) is 3.15. The number of aromatic nitrogens is 3. The van der Waals surface area contributed by atoms with Gasteiger partial charge >= 0.3 is 0 Å². The number of benzene rings is 2. The third-order valence-electron chi connectivity index (χ3n) is 4.15. The predicted molar refractivity (Wildman–Crippen MR) is 115 cm³/mol. The molecule has 0 unspecified atom stereocenters. The molecule has 0 aliphatic carbocycles. The van der Waals surface area contributed by atoms with Gasteiger partial charge in [-0.25, -0.2) is 0 Å². The number of thioether (sulfide) groups is 1. The molecule has 0 fully saturated rings. The summed E-state index contributed by atoms with van der Waals surface area (Å²) in [4.78, 5) is 12.5. The van der Waals surface area contributed by atoms with Gasteiger partial charge in [0, 0.05) is 23.2 Å². The van der Waals surface area contributed by atoms with Gasteiger partial charge in [-0.1, -0.05) is 23.4 Å². The molecule has 0 saturated carbocycles. The minimum Gasteiger partial charge on any atom is -0.497 e. The number of hydrogen-bond donors (Lipinski definition) is 1. The maximum absolute atomic E-state index is 12.5. The summed E-state index contributed by atoms with van der Waals surface area (Å²) in [5.74, 6) is 1.93. The van der Waals surface area contributed by atoms with E-state index in [4.69, 9.17) is 21.1 Å². The van der Waals surface area contributed by atoms with Gasteiger partial charge in [-0.15, -0.1) is 10.2 Å². The van der Waals surface area contributed by atoms with Crippen molar-refractivity contribution in [3.63, 3.8) is 0 Å². The van der Waals surface area contributed by atoms with Gasteiger partial charge in [0.1, 0.15) is 11.5 Å². The molecule has 29 heavy (non-hydrogen) atoms. The number of methoxy groups -OCH3 is 2. The van der Waals surface area contributed by atoms with Crippen LogP contribution in [-0.2, 0) is 11.3 Å². The van der Waals surface area contributed by atoms with Gasteiger partial charge in [-0.3, -0.25) is 4.79 Å². The number of amides is 1. The third-order valence-corrected chi connectivity index (χ3v) is 5.37. The Balaban J connectivity index is 1.70. The Morgan fingerprint density at radius 1 is 1.14 bits per heavy atom. The topological polar surface area (TPSA) is 78.3 Å². The van der Waals surface area contributed by atoms with E-state index in [9.17, 15) is 4.79 Å². The van der Waals surface area contributed by atoms with Gasteiger partial charge in [0.25, 0.3) is 0 Å². The van der Waals surface area contributed by atoms with Crippen molar-refractivity contribution >= 4 is 35.0 Å². The molecule has 3 aromatic rings. The van der Waals surface area contributed by atoms with Crippen LogP contribution in [0.15, 0.2) is 47.6 Å². The van der Waals surface area contributed by atoms with Gasteiger partial charge in [0.2, 0.25) is 5.91 Å². The van der Waals surface area contributed by atoms with E-state index in [0.29, 0.717) is 33.9 Å². The number of carbonyl (C=O) groups excluding carboxylic acids is 1. The lowest BCUT2D eigenvalue weighted by atomic mass is 10.2. The van der Waals surface area contributed by atoms with Crippen LogP contribution >= 0.6 is 23.4 Å². The summed E-state index contributed by atoms with van der Waals surface area (Å²) in [5.41, 5.74) is 1.47. The Hall–Kier alpha value is -2.71. The second kappa shape index (κ2) is 9.67. The monoisotopic (exact) mass is 432 g/mol. The summed E-state index contributed by atoms with van der Waals surface area (Å²) in [6.07, 6.45) is 0. The smallest absolute Gasteiger partial charge is 0.234 e. The summed E-state index contributed by atoms with van der Waals surface area (Å²) in [5, 5.41) is 12.7. The molecule has 152 valence electrons. The number of nitrogens with zero attached hydrogens (tertiary/aromatic N) is 3. The van der Waals surface area contributed by atoms with E-state index in [1.165, 1.54) is 11.8 Å². The van der Waals surface area contributed by atoms with Gasteiger partial charge in [0.05, 0.1) is 25.7 Å². The zero-order valence-electron chi connectivity index (χ0n) is 16.3. The SMILES string of the molecule is CCn1c(SCC(=O)Nc2cc(OC)ccc2OC)nnc1-c1ccc(Cl)cc1. The fraction of sp³-hybridized carbons (Fsp3) is 0.250. The maximum Gasteiger partial charge on any atom is 0.234 e. The predicted octanol–water partition coefficient (Wildman–Crippen LogP) is 4.37. The maximum atomic E-state index is 12.5. The Morgan fingerprint density at radius 3 is 2.55 bits per heavy atom. The second-order valence-electron chi connectivity index (χ2n) is 5.96. The molecule has 0 aliphatic heterocycles. The van der Waals surface area contributed by atoms with Gasteiger partial charge in [-0.05, 0) is 43.3 Å². The Morgan fingerprint density at radius 2 is 1.90 bits per heavy atom. The number of hydrogen-bond acceptors (Lipinski definition) is 6. The van der Waals surface area contributed by atoms with Crippen LogP contribution in [0.3, 0.4) is 0 Å². The molecule has 0 spiro atoms. The van der Waals surface area contributed by atoms with Crippen molar-refractivity contribution in [2.24, 2.45) is 0 Å². The minimum atomic E-state index is -0.180. The highest BCUT2D eigenvalue weighted by Gasteiger charge is 2.15. The standard InChI is InChI=1S/C20H21ClN4O3S/c1-4-25-19(13-5-7-14(21)8-6-13)23-24-20(25)29-12-18(26)22-16-11-15(27-2)9-10-17(16)28-3/h5-11H,4,12H2,1-3H3,(H,22,26). The minimum absolute atomic E-state index is 0.180. The second-order valence-corrected chi connectivity index (χ2v) is 7.34. The fourth-order valence-corrected chi connectivity index (χ4v) is 3.65. The van der Waals surface area contributed by atoms with Crippen LogP contribution in [0, 0.1) is 0 Å². The molecule has 0 atom stereocenters. The average molecular weight is 433 g/mol. The highest BCUT2D eigenvalue weighted by molar-refractivity contribution is 7.99. The van der Waals surface area contributed by atoms with E-state index < -0.39 is 0 Å². The molecular formula is C20H21ClN4O3S. The molecule has 0 saturated heterocycles. The molecule has 2 aromatic carbocycles. The molecule has 7 nitrogen and oxygen atoms in total. The lowest BCUT2D eigenvalue weighted by Crippen LogP contribution is -2.15. The molecule has 0 radical (unpaired) electrons. The molecule has 0 bridgehead atoms. The first-order chi connectivity index (χ1) is 14.0. The van der Waals surface area contributed by atoms with Crippen LogP contribution < -0.4 is 14.8 Å². The highest BCUT2D eigenvalue weighted by Crippen LogP contribution is 2.30. The Bertz CT molecular complexity index is 992. The zero-order chi connectivity index (χ0) is 20.8. The van der Waals surface area contributed by atoms with Crippen LogP contribution in [0.1, 0.15) is 6.92 Å². The molecule has 1 aromatic heterocycles. The van der Waals surface area contributed by atoms with Crippen molar-refractivity contribution in [1.29, 1.82) is 0 Å². The molecule has 3 rings (SSSR count). The van der Waals surface area contributed by atoms with Crippen LogP contribution in [0.4, 0.5) is 5.69 Å². The van der Waals surface area contributed by atoms with Crippen molar-refractivity contribution < 1.29 is 14.3 Å². The first-order valence-corrected chi connectivity index (χ1v) is 10.3. The quantitative estimate of drug-likeness (QED) is 0.532. The summed E-state index contributed by atoms with van der Waals surface area (Å²) in [6, 6.07) is 12.7. The Labute approximate surface area is 178 Å². The van der Waals surface area contributed by atoms with Gasteiger partial charge in [0.15, 0.2) is 11.0 Å².